The predicted octanol–water partition coefficient (Wildman–Crippen LogP) is -1.41. The molecule has 1 aromatic carbocycles. The monoisotopic (exact) mass is 286 g/mol. The van der Waals surface area contributed by atoms with E-state index in [0.29, 0.717) is 6.54 Å². The number of hydrogen-bond donors (Lipinski definition) is 3. The van der Waals surface area contributed by atoms with Gasteiger partial charge in [0, 0.05) is 12.6 Å². The Balaban J connectivity index is 2.77. The first kappa shape index (κ1) is 16.1. The Kier molecular flexibility index (Phi) is 5.51. The highest BCUT2D eigenvalue weighted by atomic mass is 32.2. The molecule has 1 atom stereocenters. The van der Waals surface area contributed by atoms with E-state index in [4.69, 9.17) is 10.0 Å². The van der Waals surface area contributed by atoms with Crippen molar-refractivity contribution in [3.63, 3.8) is 0 Å². The smallest absolute Gasteiger partial charge is 0.423 e. The Hall–Kier alpha value is -0.925. The molecule has 8 heteroatoms. The topological polar surface area (TPSA) is 89.9 Å². The zero-order valence-corrected chi connectivity index (χ0v) is 12.1. The average Bonchev–Trinajstić information content (AvgIpc) is 2.36. The molecular formula is C11H19BN2O4S. The highest BCUT2D eigenvalue weighted by molar-refractivity contribution is 7.89. The van der Waals surface area contributed by atoms with Gasteiger partial charge in [-0.1, -0.05) is 12.1 Å². The Morgan fingerprint density at radius 3 is 2.21 bits per heavy atom. The van der Waals surface area contributed by atoms with Crippen LogP contribution in [0, 0.1) is 0 Å². The second-order valence-electron chi connectivity index (χ2n) is 4.61. The lowest BCUT2D eigenvalue weighted by molar-refractivity contribution is 0.314. The van der Waals surface area contributed by atoms with Gasteiger partial charge in [0.25, 0.3) is 0 Å². The number of nitrogens with zero attached hydrogens (tertiary/aromatic N) is 1. The van der Waals surface area contributed by atoms with Crippen LogP contribution < -0.4 is 10.2 Å². The summed E-state index contributed by atoms with van der Waals surface area (Å²) in [4.78, 5) is 2.01. The normalized spacial score (nSPS) is 13.6. The summed E-state index contributed by atoms with van der Waals surface area (Å²) >= 11 is 0. The summed E-state index contributed by atoms with van der Waals surface area (Å²) in [5, 5.41) is 17.9. The summed E-state index contributed by atoms with van der Waals surface area (Å²) in [5.41, 5.74) is 0.251. The molecule has 0 radical (unpaired) electrons. The maximum Gasteiger partial charge on any atom is 0.488 e. The lowest BCUT2D eigenvalue weighted by Crippen LogP contribution is -2.38. The molecule has 0 fully saturated rings. The van der Waals surface area contributed by atoms with E-state index in [1.807, 2.05) is 25.9 Å². The third-order valence-corrected chi connectivity index (χ3v) is 4.38. The molecule has 1 aromatic rings. The highest BCUT2D eigenvalue weighted by Crippen LogP contribution is 2.06. The first-order valence-corrected chi connectivity index (χ1v) is 7.34. The highest BCUT2D eigenvalue weighted by Gasteiger charge is 2.17. The molecule has 106 valence electrons. The van der Waals surface area contributed by atoms with Crippen molar-refractivity contribution in [2.24, 2.45) is 0 Å². The minimum Gasteiger partial charge on any atom is -0.423 e. The van der Waals surface area contributed by atoms with Crippen LogP contribution in [0.3, 0.4) is 0 Å². The molecular weight excluding hydrogens is 267 g/mol. The molecule has 0 aliphatic rings. The largest absolute Gasteiger partial charge is 0.488 e. The number of hydrogen-bond acceptors (Lipinski definition) is 5. The molecule has 0 bridgehead atoms. The van der Waals surface area contributed by atoms with Crippen LogP contribution in [0.4, 0.5) is 0 Å². The summed E-state index contributed by atoms with van der Waals surface area (Å²) in [7, 11) is -1.43. The van der Waals surface area contributed by atoms with Crippen LogP contribution >= 0.6 is 0 Å². The molecule has 0 amide bonds. The van der Waals surface area contributed by atoms with Crippen molar-refractivity contribution >= 4 is 22.6 Å². The number of nitrogens with one attached hydrogen (secondary N) is 1. The summed E-state index contributed by atoms with van der Waals surface area (Å²) in [6, 6.07) is 5.51. The third-order valence-electron chi connectivity index (χ3n) is 2.94. The lowest BCUT2D eigenvalue weighted by atomic mass is 9.81. The molecule has 1 unspecified atom stereocenters. The molecule has 19 heavy (non-hydrogen) atoms. The van der Waals surface area contributed by atoms with Gasteiger partial charge in [0.2, 0.25) is 10.0 Å². The van der Waals surface area contributed by atoms with Crippen molar-refractivity contribution in [3.8, 4) is 0 Å². The van der Waals surface area contributed by atoms with Crippen LogP contribution in [0.15, 0.2) is 29.2 Å². The maximum atomic E-state index is 12.0. The Bertz CT molecular complexity index is 502. The fourth-order valence-corrected chi connectivity index (χ4v) is 2.44. The molecule has 0 heterocycles. The van der Waals surface area contributed by atoms with Gasteiger partial charge in [-0.3, -0.25) is 0 Å². The van der Waals surface area contributed by atoms with Crippen molar-refractivity contribution in [1.29, 1.82) is 0 Å². The van der Waals surface area contributed by atoms with E-state index in [9.17, 15) is 8.42 Å². The fraction of sp³-hybridized carbons (Fsp3) is 0.455. The first-order valence-electron chi connectivity index (χ1n) is 5.86. The van der Waals surface area contributed by atoms with Crippen LogP contribution in [0.2, 0.25) is 0 Å². The van der Waals surface area contributed by atoms with Crippen LogP contribution in [-0.2, 0) is 10.0 Å². The van der Waals surface area contributed by atoms with Crippen LogP contribution in [0.25, 0.3) is 0 Å². The molecule has 0 saturated carbocycles. The quantitative estimate of drug-likeness (QED) is 0.559. The summed E-state index contributed by atoms with van der Waals surface area (Å²) in [5.74, 6) is 0. The van der Waals surface area contributed by atoms with Gasteiger partial charge < -0.3 is 14.9 Å². The fourth-order valence-electron chi connectivity index (χ4n) is 1.32. The average molecular weight is 286 g/mol. The van der Waals surface area contributed by atoms with Gasteiger partial charge in [-0.25, -0.2) is 13.1 Å². The van der Waals surface area contributed by atoms with E-state index in [0.717, 1.165) is 0 Å². The third kappa shape index (κ3) is 4.59. The molecule has 3 N–H and O–H groups in total. The molecule has 6 nitrogen and oxygen atoms in total. The van der Waals surface area contributed by atoms with Crippen LogP contribution in [0.1, 0.15) is 6.92 Å². The Morgan fingerprint density at radius 1 is 1.26 bits per heavy atom. The van der Waals surface area contributed by atoms with Gasteiger partial charge in [0.1, 0.15) is 0 Å². The van der Waals surface area contributed by atoms with Crippen molar-refractivity contribution in [1.82, 2.24) is 9.62 Å². The minimum absolute atomic E-state index is 0.0771. The van der Waals surface area contributed by atoms with E-state index in [1.165, 1.54) is 24.3 Å². The van der Waals surface area contributed by atoms with E-state index in [2.05, 4.69) is 4.72 Å². The van der Waals surface area contributed by atoms with Gasteiger partial charge >= 0.3 is 7.12 Å². The Morgan fingerprint density at radius 2 is 1.79 bits per heavy atom. The maximum absolute atomic E-state index is 12.0. The summed E-state index contributed by atoms with van der Waals surface area (Å²) < 4.78 is 26.5. The molecule has 0 aliphatic carbocycles. The van der Waals surface area contributed by atoms with Crippen molar-refractivity contribution in [3.05, 3.63) is 24.3 Å². The summed E-state index contributed by atoms with van der Waals surface area (Å²) in [6.45, 7) is 2.22. The molecule has 1 rings (SSSR count). The molecule has 0 aliphatic heterocycles. The number of rotatable bonds is 6. The van der Waals surface area contributed by atoms with Gasteiger partial charge in [-0.05, 0) is 38.6 Å². The minimum atomic E-state index is -3.57. The van der Waals surface area contributed by atoms with Crippen molar-refractivity contribution < 1.29 is 18.5 Å². The SMILES string of the molecule is CC(CNS(=O)(=O)c1ccc(B(O)O)cc1)N(C)C. The number of likely N-dealkylation sites (N-methyl/N-ethyl adjacent to an activating group) is 1. The van der Waals surface area contributed by atoms with Gasteiger partial charge in [0.05, 0.1) is 4.90 Å². The summed E-state index contributed by atoms with van der Waals surface area (Å²) in [6.07, 6.45) is 0. The van der Waals surface area contributed by atoms with Crippen LogP contribution in [0.5, 0.6) is 0 Å². The molecule has 0 spiro atoms. The second-order valence-corrected chi connectivity index (χ2v) is 6.37. The van der Waals surface area contributed by atoms with E-state index in [-0.39, 0.29) is 16.4 Å². The van der Waals surface area contributed by atoms with Crippen molar-refractivity contribution in [2.75, 3.05) is 20.6 Å². The predicted molar refractivity (Wildman–Crippen MR) is 74.6 cm³/mol. The number of benzene rings is 1. The zero-order valence-electron chi connectivity index (χ0n) is 11.2. The van der Waals surface area contributed by atoms with E-state index < -0.39 is 17.1 Å². The second kappa shape index (κ2) is 6.49. The first-order chi connectivity index (χ1) is 8.74. The Labute approximate surface area is 114 Å². The standard InChI is InChI=1S/C11H19BN2O4S/c1-9(14(2)3)8-13-19(17,18)11-6-4-10(5-7-11)12(15)16/h4-7,9,13,15-16H,8H2,1-3H3. The van der Waals surface area contributed by atoms with E-state index in [1.54, 1.807) is 0 Å². The number of sulfonamides is 1. The van der Waals surface area contributed by atoms with Crippen molar-refractivity contribution in [2.45, 2.75) is 17.9 Å². The molecule has 0 saturated heterocycles. The van der Waals surface area contributed by atoms with Gasteiger partial charge in [-0.2, -0.15) is 0 Å². The van der Waals surface area contributed by atoms with Gasteiger partial charge in [-0.15, -0.1) is 0 Å². The lowest BCUT2D eigenvalue weighted by Gasteiger charge is -2.20. The zero-order chi connectivity index (χ0) is 14.6. The van der Waals surface area contributed by atoms with Crippen LogP contribution in [-0.4, -0.2) is 57.2 Å². The van der Waals surface area contributed by atoms with Gasteiger partial charge in [0.15, 0.2) is 0 Å². The molecule has 0 aromatic heterocycles. The van der Waals surface area contributed by atoms with E-state index >= 15 is 0 Å².